The van der Waals surface area contributed by atoms with E-state index in [1.165, 1.54) is 0 Å². The van der Waals surface area contributed by atoms with Crippen LogP contribution in [0.1, 0.15) is 16.2 Å². The van der Waals surface area contributed by atoms with Crippen molar-refractivity contribution in [2.45, 2.75) is 6.92 Å². The highest BCUT2D eigenvalue weighted by molar-refractivity contribution is 7.19. The van der Waals surface area contributed by atoms with Crippen molar-refractivity contribution >= 4 is 22.4 Å². The summed E-state index contributed by atoms with van der Waals surface area (Å²) in [7, 11) is 0. The van der Waals surface area contributed by atoms with E-state index in [4.69, 9.17) is 15.3 Å². The molecule has 3 N–H and O–H groups in total. The number of hydrogen-bond acceptors (Lipinski definition) is 5. The van der Waals surface area contributed by atoms with Gasteiger partial charge in [-0.05, 0) is 19.1 Å². The number of nitrogens with two attached hydrogens (primary N) is 1. The van der Waals surface area contributed by atoms with Crippen LogP contribution in [0.2, 0.25) is 0 Å². The highest BCUT2D eigenvalue weighted by atomic mass is 32.1. The maximum absolute atomic E-state index is 10.9. The lowest BCUT2D eigenvalue weighted by Crippen LogP contribution is -1.98. The lowest BCUT2D eigenvalue weighted by Gasteiger charge is -1.92. The molecule has 0 radical (unpaired) electrons. The summed E-state index contributed by atoms with van der Waals surface area (Å²) in [5, 5.41) is 9.11. The van der Waals surface area contributed by atoms with Crippen LogP contribution in [0.15, 0.2) is 16.5 Å². The van der Waals surface area contributed by atoms with E-state index in [0.717, 1.165) is 11.3 Å². The van der Waals surface area contributed by atoms with Crippen LogP contribution in [-0.4, -0.2) is 16.1 Å². The molecule has 0 fully saturated rings. The molecule has 0 aliphatic heterocycles. The fourth-order valence-electron chi connectivity index (χ4n) is 1.21. The second-order valence-corrected chi connectivity index (χ2v) is 3.98. The summed E-state index contributed by atoms with van der Waals surface area (Å²) < 4.78 is 5.33. The molecule has 0 aromatic carbocycles. The van der Waals surface area contributed by atoms with Crippen LogP contribution in [0.25, 0.3) is 10.6 Å². The lowest BCUT2D eigenvalue weighted by atomic mass is 10.3. The summed E-state index contributed by atoms with van der Waals surface area (Å²) in [6, 6.07) is 3.46. The fraction of sp³-hybridized carbons (Fsp3) is 0.111. The number of hydrogen-bond donors (Lipinski definition) is 2. The van der Waals surface area contributed by atoms with Gasteiger partial charge < -0.3 is 15.3 Å². The molecule has 5 nitrogen and oxygen atoms in total. The number of furan rings is 1. The van der Waals surface area contributed by atoms with Crippen LogP contribution in [-0.2, 0) is 0 Å². The van der Waals surface area contributed by atoms with Crippen molar-refractivity contribution < 1.29 is 14.3 Å². The van der Waals surface area contributed by atoms with E-state index in [-0.39, 0.29) is 10.8 Å². The first-order chi connectivity index (χ1) is 7.08. The molecule has 0 aliphatic rings. The van der Waals surface area contributed by atoms with Crippen molar-refractivity contribution in [3.63, 3.8) is 0 Å². The average molecular weight is 224 g/mol. The Balaban J connectivity index is 2.56. The third-order valence-electron chi connectivity index (χ3n) is 1.81. The Kier molecular flexibility index (Phi) is 2.20. The Morgan fingerprint density at radius 3 is 2.87 bits per heavy atom. The molecule has 0 aliphatic carbocycles. The summed E-state index contributed by atoms with van der Waals surface area (Å²) in [5.41, 5.74) is 5.40. The van der Waals surface area contributed by atoms with E-state index in [2.05, 4.69) is 4.98 Å². The molecule has 2 aromatic heterocycles. The van der Waals surface area contributed by atoms with Gasteiger partial charge in [0, 0.05) is 0 Å². The van der Waals surface area contributed by atoms with Crippen LogP contribution in [0.5, 0.6) is 0 Å². The van der Waals surface area contributed by atoms with Gasteiger partial charge in [0.1, 0.15) is 16.4 Å². The van der Waals surface area contributed by atoms with Gasteiger partial charge >= 0.3 is 5.97 Å². The summed E-state index contributed by atoms with van der Waals surface area (Å²) >= 11 is 1.10. The van der Waals surface area contributed by atoms with E-state index < -0.39 is 5.97 Å². The van der Waals surface area contributed by atoms with Gasteiger partial charge in [-0.1, -0.05) is 11.3 Å². The molecule has 2 heterocycles. The second kappa shape index (κ2) is 3.39. The Hall–Kier alpha value is -1.82. The molecular weight excluding hydrogens is 216 g/mol. The number of carbonyl (C=O) groups is 1. The molecule has 2 rings (SSSR count). The average Bonchev–Trinajstić information content (AvgIpc) is 2.71. The second-order valence-electron chi connectivity index (χ2n) is 2.95. The van der Waals surface area contributed by atoms with Crippen molar-refractivity contribution in [3.05, 3.63) is 23.6 Å². The monoisotopic (exact) mass is 224 g/mol. The molecule has 0 unspecified atom stereocenters. The summed E-state index contributed by atoms with van der Waals surface area (Å²) in [6.45, 7) is 1.79. The van der Waals surface area contributed by atoms with Crippen molar-refractivity contribution in [1.29, 1.82) is 0 Å². The zero-order chi connectivity index (χ0) is 11.0. The largest absolute Gasteiger partial charge is 0.476 e. The van der Waals surface area contributed by atoms with Crippen molar-refractivity contribution in [3.8, 4) is 10.6 Å². The molecule has 0 atom stereocenters. The number of anilines is 1. The number of nitrogens with zero attached hydrogens (tertiary/aromatic N) is 1. The number of thiazole rings is 1. The highest BCUT2D eigenvalue weighted by Gasteiger charge is 2.19. The predicted octanol–water partition coefficient (Wildman–Crippen LogP) is 1.99. The molecule has 0 amide bonds. The molecule has 15 heavy (non-hydrogen) atoms. The Labute approximate surface area is 89.2 Å². The van der Waals surface area contributed by atoms with Gasteiger partial charge in [-0.25, -0.2) is 9.78 Å². The minimum atomic E-state index is -1.10. The van der Waals surface area contributed by atoms with E-state index in [0.29, 0.717) is 16.4 Å². The number of aryl methyl sites for hydroxylation is 1. The zero-order valence-electron chi connectivity index (χ0n) is 7.85. The normalized spacial score (nSPS) is 10.5. The first-order valence-electron chi connectivity index (χ1n) is 4.14. The third kappa shape index (κ3) is 1.71. The van der Waals surface area contributed by atoms with E-state index >= 15 is 0 Å². The molecule has 0 saturated heterocycles. The van der Waals surface area contributed by atoms with Crippen LogP contribution in [0.3, 0.4) is 0 Å². The van der Waals surface area contributed by atoms with Gasteiger partial charge in [-0.2, -0.15) is 0 Å². The van der Waals surface area contributed by atoms with E-state index in [1.807, 2.05) is 0 Å². The number of aromatic carboxylic acids is 1. The fourth-order valence-corrected chi connectivity index (χ4v) is 1.99. The maximum Gasteiger partial charge on any atom is 0.356 e. The van der Waals surface area contributed by atoms with E-state index in [9.17, 15) is 4.79 Å². The van der Waals surface area contributed by atoms with Crippen LogP contribution < -0.4 is 5.73 Å². The van der Waals surface area contributed by atoms with Crippen molar-refractivity contribution in [1.82, 2.24) is 4.98 Å². The Morgan fingerprint density at radius 1 is 1.60 bits per heavy atom. The zero-order valence-corrected chi connectivity index (χ0v) is 8.67. The quantitative estimate of drug-likeness (QED) is 0.814. The lowest BCUT2D eigenvalue weighted by molar-refractivity contribution is 0.0692. The minimum absolute atomic E-state index is 0.0631. The van der Waals surface area contributed by atoms with Crippen molar-refractivity contribution in [2.24, 2.45) is 0 Å². The van der Waals surface area contributed by atoms with Gasteiger partial charge in [0.2, 0.25) is 0 Å². The summed E-state index contributed by atoms with van der Waals surface area (Å²) in [5.74, 6) is 0.0967. The Bertz CT molecular complexity index is 515. The first-order valence-corrected chi connectivity index (χ1v) is 4.96. The molecule has 0 bridgehead atoms. The van der Waals surface area contributed by atoms with E-state index in [1.54, 1.807) is 19.1 Å². The van der Waals surface area contributed by atoms with Crippen molar-refractivity contribution in [2.75, 3.05) is 5.73 Å². The number of carboxylic acid groups (broad SMARTS) is 1. The molecule has 78 valence electrons. The smallest absolute Gasteiger partial charge is 0.356 e. The topological polar surface area (TPSA) is 89.3 Å². The van der Waals surface area contributed by atoms with Crippen LogP contribution >= 0.6 is 11.3 Å². The van der Waals surface area contributed by atoms with Gasteiger partial charge in [-0.3, -0.25) is 0 Å². The number of nitrogen functional groups attached to an aromatic ring is 1. The standard InChI is InChI=1S/C9H8N2O3S/c1-4-2-3-5(14-4)7-6(8(12)13)11-9(10)15-7/h2-3H,1H3,(H2,10,11)(H,12,13). The van der Waals surface area contributed by atoms with Gasteiger partial charge in [0.05, 0.1) is 0 Å². The number of rotatable bonds is 2. The molecule has 0 spiro atoms. The van der Waals surface area contributed by atoms with Gasteiger partial charge in [-0.15, -0.1) is 0 Å². The summed E-state index contributed by atoms with van der Waals surface area (Å²) in [4.78, 5) is 15.0. The minimum Gasteiger partial charge on any atom is -0.476 e. The molecule has 2 aromatic rings. The first kappa shape index (κ1) is 9.72. The highest BCUT2D eigenvalue weighted by Crippen LogP contribution is 2.32. The predicted molar refractivity (Wildman–Crippen MR) is 55.9 cm³/mol. The van der Waals surface area contributed by atoms with Gasteiger partial charge in [0.25, 0.3) is 0 Å². The SMILES string of the molecule is Cc1ccc(-c2sc(N)nc2C(=O)O)o1. The number of carboxylic acids is 1. The maximum atomic E-state index is 10.9. The van der Waals surface area contributed by atoms with Crippen LogP contribution in [0.4, 0.5) is 5.13 Å². The molecule has 0 saturated carbocycles. The number of aromatic nitrogens is 1. The molecular formula is C9H8N2O3S. The third-order valence-corrected chi connectivity index (χ3v) is 2.71. The Morgan fingerprint density at radius 2 is 2.33 bits per heavy atom. The summed E-state index contributed by atoms with van der Waals surface area (Å²) in [6.07, 6.45) is 0. The molecule has 6 heteroatoms. The van der Waals surface area contributed by atoms with Gasteiger partial charge in [0.15, 0.2) is 10.8 Å². The van der Waals surface area contributed by atoms with Crippen LogP contribution in [0, 0.1) is 6.92 Å².